The van der Waals surface area contributed by atoms with Crippen molar-refractivity contribution in [2.75, 3.05) is 0 Å². The van der Waals surface area contributed by atoms with E-state index in [0.717, 1.165) is 19.1 Å². The first kappa shape index (κ1) is 30.6. The maximum atomic E-state index is 14.8. The third-order valence-corrected chi connectivity index (χ3v) is 6.03. The average molecular weight is 598 g/mol. The van der Waals surface area contributed by atoms with Crippen LogP contribution in [0.2, 0.25) is 5.02 Å². The van der Waals surface area contributed by atoms with Crippen molar-refractivity contribution < 1.29 is 45.4 Å². The van der Waals surface area contributed by atoms with E-state index >= 15 is 0 Å². The number of carbonyl (C=O) groups is 2. The highest BCUT2D eigenvalue weighted by Crippen LogP contribution is 2.35. The minimum Gasteiger partial charge on any atom is -0.382 e. The maximum absolute atomic E-state index is 14.8. The first-order valence-electron chi connectivity index (χ1n) is 11.0. The molecule has 3 aromatic rings. The number of amides is 2. The third kappa shape index (κ3) is 6.28. The molecule has 40 heavy (non-hydrogen) atoms. The lowest BCUT2D eigenvalue weighted by molar-refractivity contribution is -0.207. The quantitative estimate of drug-likeness (QED) is 0.344. The lowest BCUT2D eigenvalue weighted by atomic mass is 9.89. The van der Waals surface area contributed by atoms with E-state index in [0.29, 0.717) is 15.3 Å². The maximum Gasteiger partial charge on any atom is 0.419 e. The van der Waals surface area contributed by atoms with Crippen LogP contribution in [0.1, 0.15) is 18.1 Å². The van der Waals surface area contributed by atoms with Gasteiger partial charge >= 0.3 is 18.0 Å². The van der Waals surface area contributed by atoms with Gasteiger partial charge in [0.05, 0.1) is 12.1 Å². The zero-order chi connectivity index (χ0) is 30.2. The zero-order valence-corrected chi connectivity index (χ0v) is 20.9. The summed E-state index contributed by atoms with van der Waals surface area (Å²) in [5.41, 5.74) is -1.17. The van der Waals surface area contributed by atoms with Gasteiger partial charge in [0.25, 0.3) is 0 Å². The van der Waals surface area contributed by atoms with Gasteiger partial charge in [-0.1, -0.05) is 23.7 Å². The van der Waals surface area contributed by atoms with Crippen molar-refractivity contribution in [2.24, 2.45) is 5.73 Å². The fraction of sp³-hybridized carbons (Fsp3) is 0.304. The second kappa shape index (κ2) is 10.9. The van der Waals surface area contributed by atoms with Crippen molar-refractivity contribution in [2.45, 2.75) is 44.0 Å². The van der Waals surface area contributed by atoms with Gasteiger partial charge in [-0.05, 0) is 37.3 Å². The molecule has 0 aliphatic carbocycles. The minimum atomic E-state index is -5.15. The molecule has 2 atom stereocenters. The number of hydrogen-bond donors (Lipinski definition) is 3. The topological polar surface area (TPSA) is 132 Å². The summed E-state index contributed by atoms with van der Waals surface area (Å²) in [5, 5.41) is 15.6. The van der Waals surface area contributed by atoms with E-state index in [1.807, 2.05) is 5.32 Å². The Bertz CT molecular complexity index is 1480. The van der Waals surface area contributed by atoms with Gasteiger partial charge in [0.15, 0.2) is 11.9 Å². The SMILES string of the molecule is CC(NC(=O)Cn1nc(-c2ccc(Cl)cc2)n(C[C@H](O)C(F)(F)F)c1=O)(C(N)=O)c1cccc(C(F)(F)F)c1F. The number of aliphatic hydroxyl groups is 1. The Labute approximate surface area is 224 Å². The molecule has 0 bridgehead atoms. The molecule has 0 spiro atoms. The smallest absolute Gasteiger partial charge is 0.382 e. The van der Waals surface area contributed by atoms with Crippen LogP contribution in [-0.4, -0.2) is 43.5 Å². The normalized spacial score (nSPS) is 14.4. The van der Waals surface area contributed by atoms with E-state index in [1.165, 1.54) is 24.3 Å². The van der Waals surface area contributed by atoms with Gasteiger partial charge in [0.1, 0.15) is 17.9 Å². The summed E-state index contributed by atoms with van der Waals surface area (Å²) in [6.45, 7) is -1.57. The number of benzene rings is 2. The fourth-order valence-electron chi connectivity index (χ4n) is 3.65. The van der Waals surface area contributed by atoms with E-state index < -0.39 is 77.4 Å². The standard InChI is InChI=1S/C23H19ClF7N5O4/c1-21(19(32)39,13-3-2-4-14(17(13)25)22(26,27)28)33-16(38)10-36-20(40)35(9-15(37)23(29,30)31)18(34-36)11-5-7-12(24)8-6-11/h2-8,15,37H,9-10H2,1H3,(H2,32,39)(H,33,38)/t15-,21?/m0/s1. The highest BCUT2D eigenvalue weighted by molar-refractivity contribution is 6.30. The lowest BCUT2D eigenvalue weighted by Crippen LogP contribution is -2.54. The molecule has 0 saturated carbocycles. The molecular weight excluding hydrogens is 579 g/mol. The summed E-state index contributed by atoms with van der Waals surface area (Å²) in [5.74, 6) is -5.04. The number of nitrogens with two attached hydrogens (primary N) is 1. The Balaban J connectivity index is 2.01. The second-order valence-electron chi connectivity index (χ2n) is 8.64. The number of primary amides is 1. The van der Waals surface area contributed by atoms with E-state index in [-0.39, 0.29) is 10.6 Å². The number of carbonyl (C=O) groups excluding carboxylic acids is 2. The molecule has 1 unspecified atom stereocenters. The van der Waals surface area contributed by atoms with E-state index in [9.17, 15) is 50.2 Å². The first-order valence-corrected chi connectivity index (χ1v) is 11.4. The second-order valence-corrected chi connectivity index (χ2v) is 9.08. The number of nitrogens with one attached hydrogen (secondary N) is 1. The molecular formula is C23H19ClF7N5O4. The van der Waals surface area contributed by atoms with Gasteiger partial charge < -0.3 is 16.2 Å². The molecule has 17 heteroatoms. The Kier molecular flexibility index (Phi) is 8.36. The van der Waals surface area contributed by atoms with Crippen molar-refractivity contribution in [1.29, 1.82) is 0 Å². The molecule has 0 fully saturated rings. The molecule has 0 saturated heterocycles. The highest BCUT2D eigenvalue weighted by atomic mass is 35.5. The molecule has 0 radical (unpaired) electrons. The lowest BCUT2D eigenvalue weighted by Gasteiger charge is -2.29. The Morgan fingerprint density at radius 2 is 1.65 bits per heavy atom. The van der Waals surface area contributed by atoms with E-state index in [1.54, 1.807) is 0 Å². The van der Waals surface area contributed by atoms with Gasteiger partial charge in [-0.25, -0.2) is 13.9 Å². The predicted octanol–water partition coefficient (Wildman–Crippen LogP) is 2.96. The highest BCUT2D eigenvalue weighted by Gasteiger charge is 2.43. The largest absolute Gasteiger partial charge is 0.419 e. The van der Waals surface area contributed by atoms with Gasteiger partial charge in [-0.3, -0.25) is 14.2 Å². The molecule has 216 valence electrons. The van der Waals surface area contributed by atoms with Crippen LogP contribution < -0.4 is 16.7 Å². The Hall–Kier alpha value is -3.92. The van der Waals surface area contributed by atoms with Crippen LogP contribution in [0.3, 0.4) is 0 Å². The van der Waals surface area contributed by atoms with Crippen LogP contribution >= 0.6 is 11.6 Å². The van der Waals surface area contributed by atoms with Crippen molar-refractivity contribution in [3.05, 3.63) is 74.9 Å². The number of rotatable bonds is 8. The van der Waals surface area contributed by atoms with Crippen molar-refractivity contribution in [3.8, 4) is 11.4 Å². The monoisotopic (exact) mass is 597 g/mol. The van der Waals surface area contributed by atoms with Crippen LogP contribution in [0, 0.1) is 5.82 Å². The molecule has 4 N–H and O–H groups in total. The Morgan fingerprint density at radius 1 is 1.07 bits per heavy atom. The summed E-state index contributed by atoms with van der Waals surface area (Å²) >= 11 is 5.81. The summed E-state index contributed by atoms with van der Waals surface area (Å²) in [4.78, 5) is 37.9. The number of halogens is 8. The van der Waals surface area contributed by atoms with Crippen molar-refractivity contribution in [3.63, 3.8) is 0 Å². The number of aromatic nitrogens is 3. The van der Waals surface area contributed by atoms with Gasteiger partial charge in [0, 0.05) is 16.1 Å². The van der Waals surface area contributed by atoms with Gasteiger partial charge in [-0.2, -0.15) is 26.3 Å². The van der Waals surface area contributed by atoms with Crippen LogP contribution in [0.5, 0.6) is 0 Å². The molecule has 2 amide bonds. The van der Waals surface area contributed by atoms with Gasteiger partial charge in [0.2, 0.25) is 11.8 Å². The molecule has 2 aromatic carbocycles. The predicted molar refractivity (Wildman–Crippen MR) is 125 cm³/mol. The van der Waals surface area contributed by atoms with Crippen LogP contribution in [0.15, 0.2) is 47.3 Å². The number of alkyl halides is 6. The molecule has 1 heterocycles. The third-order valence-electron chi connectivity index (χ3n) is 5.78. The minimum absolute atomic E-state index is 0.0723. The summed E-state index contributed by atoms with van der Waals surface area (Å²) in [6.07, 6.45) is -13.3. The molecule has 9 nitrogen and oxygen atoms in total. The van der Waals surface area contributed by atoms with Crippen molar-refractivity contribution in [1.82, 2.24) is 19.7 Å². The number of aliphatic hydroxyl groups excluding tert-OH is 1. The summed E-state index contributed by atoms with van der Waals surface area (Å²) < 4.78 is 94.2. The van der Waals surface area contributed by atoms with Gasteiger partial charge in [-0.15, -0.1) is 5.10 Å². The Morgan fingerprint density at radius 3 is 2.17 bits per heavy atom. The molecule has 0 aliphatic rings. The van der Waals surface area contributed by atoms with E-state index in [4.69, 9.17) is 17.3 Å². The fourth-order valence-corrected chi connectivity index (χ4v) is 3.78. The van der Waals surface area contributed by atoms with E-state index in [2.05, 4.69) is 5.10 Å². The van der Waals surface area contributed by atoms with Crippen LogP contribution in [0.25, 0.3) is 11.4 Å². The zero-order valence-electron chi connectivity index (χ0n) is 20.1. The average Bonchev–Trinajstić information content (AvgIpc) is 3.12. The molecule has 1 aromatic heterocycles. The summed E-state index contributed by atoms with van der Waals surface area (Å²) in [7, 11) is 0. The number of nitrogens with zero attached hydrogens (tertiary/aromatic N) is 3. The summed E-state index contributed by atoms with van der Waals surface area (Å²) in [6, 6.07) is 7.23. The first-order chi connectivity index (χ1) is 18.4. The molecule has 0 aliphatic heterocycles. The van der Waals surface area contributed by atoms with Crippen LogP contribution in [-0.2, 0) is 34.4 Å². The molecule has 3 rings (SSSR count). The van der Waals surface area contributed by atoms with Crippen LogP contribution in [0.4, 0.5) is 30.7 Å². The number of hydrogen-bond acceptors (Lipinski definition) is 5. The van der Waals surface area contributed by atoms with Crippen molar-refractivity contribution >= 4 is 23.4 Å².